The van der Waals surface area contributed by atoms with Gasteiger partial charge in [-0.1, -0.05) is 37.8 Å². The lowest BCUT2D eigenvalue weighted by Crippen LogP contribution is -2.46. The quantitative estimate of drug-likeness (QED) is 0.570. The Hall–Kier alpha value is -2.27. The summed E-state index contributed by atoms with van der Waals surface area (Å²) in [6.07, 6.45) is 9.17. The van der Waals surface area contributed by atoms with Crippen molar-refractivity contribution in [2.45, 2.75) is 56.9 Å². The fourth-order valence-electron chi connectivity index (χ4n) is 5.50. The van der Waals surface area contributed by atoms with Gasteiger partial charge in [-0.05, 0) is 61.6 Å². The maximum atomic E-state index is 13.5. The second-order valence-electron chi connectivity index (χ2n) is 9.17. The molecule has 1 aliphatic carbocycles. The Bertz CT molecular complexity index is 863. The molecule has 1 saturated carbocycles. The molecule has 2 aromatic rings. The van der Waals surface area contributed by atoms with E-state index in [1.54, 1.807) is 12.1 Å². The zero-order valence-corrected chi connectivity index (χ0v) is 18.1. The van der Waals surface area contributed by atoms with Gasteiger partial charge in [0.25, 0.3) is 0 Å². The average molecular weight is 426 g/mol. The number of nitrogens with zero attached hydrogens (tertiary/aromatic N) is 1. The van der Waals surface area contributed by atoms with E-state index in [1.807, 2.05) is 30.3 Å². The first-order valence-corrected chi connectivity index (χ1v) is 11.8. The molecular weight excluding hydrogens is 393 g/mol. The van der Waals surface area contributed by atoms with E-state index in [9.17, 15) is 4.39 Å². The van der Waals surface area contributed by atoms with Gasteiger partial charge in [0, 0.05) is 24.6 Å². The highest BCUT2D eigenvalue weighted by Gasteiger charge is 2.34. The van der Waals surface area contributed by atoms with Crippen LogP contribution in [-0.2, 0) is 0 Å². The number of benzene rings is 2. The van der Waals surface area contributed by atoms with Crippen molar-refractivity contribution in [3.05, 3.63) is 53.8 Å². The van der Waals surface area contributed by atoms with Crippen LogP contribution in [-0.4, -0.2) is 37.4 Å². The van der Waals surface area contributed by atoms with E-state index in [1.165, 1.54) is 44.1 Å². The van der Waals surface area contributed by atoms with E-state index in [4.69, 9.17) is 14.2 Å². The molecule has 0 N–H and O–H groups in total. The van der Waals surface area contributed by atoms with Crippen LogP contribution in [0.25, 0.3) is 0 Å². The Labute approximate surface area is 184 Å². The van der Waals surface area contributed by atoms with Crippen molar-refractivity contribution < 1.29 is 18.6 Å². The number of likely N-dealkylation sites (tertiary alicyclic amines) is 1. The summed E-state index contributed by atoms with van der Waals surface area (Å²) in [5, 5.41) is 0. The van der Waals surface area contributed by atoms with Crippen molar-refractivity contribution in [2.75, 3.05) is 26.5 Å². The van der Waals surface area contributed by atoms with Crippen molar-refractivity contribution in [2.24, 2.45) is 5.92 Å². The molecule has 2 aromatic carbocycles. The summed E-state index contributed by atoms with van der Waals surface area (Å²) >= 11 is 0. The summed E-state index contributed by atoms with van der Waals surface area (Å²) in [4.78, 5) is 2.71. The van der Waals surface area contributed by atoms with Crippen molar-refractivity contribution in [3.8, 4) is 17.2 Å². The molecule has 2 fully saturated rings. The molecule has 0 bridgehead atoms. The predicted octanol–water partition coefficient (Wildman–Crippen LogP) is 5.76. The van der Waals surface area contributed by atoms with Crippen LogP contribution in [0.5, 0.6) is 17.2 Å². The zero-order chi connectivity index (χ0) is 21.0. The van der Waals surface area contributed by atoms with Gasteiger partial charge in [0.05, 0.1) is 6.61 Å². The molecule has 0 aromatic heterocycles. The Morgan fingerprint density at radius 1 is 0.903 bits per heavy atom. The van der Waals surface area contributed by atoms with Crippen molar-refractivity contribution >= 4 is 0 Å². The lowest BCUT2D eigenvalue weighted by Gasteiger charge is -2.42. The van der Waals surface area contributed by atoms with Crippen LogP contribution in [0.15, 0.2) is 42.5 Å². The first-order chi connectivity index (χ1) is 15.3. The van der Waals surface area contributed by atoms with Gasteiger partial charge in [-0.3, -0.25) is 4.90 Å². The number of fused-ring (bicyclic) bond motifs is 1. The Balaban J connectivity index is 1.31. The first-order valence-electron chi connectivity index (χ1n) is 11.8. The third-order valence-electron chi connectivity index (χ3n) is 7.21. The van der Waals surface area contributed by atoms with E-state index in [0.717, 1.165) is 36.8 Å². The molecule has 2 atom stereocenters. The van der Waals surface area contributed by atoms with Crippen LogP contribution in [0, 0.1) is 11.7 Å². The van der Waals surface area contributed by atoms with Crippen LogP contribution in [0.3, 0.4) is 0 Å². The molecule has 31 heavy (non-hydrogen) atoms. The highest BCUT2D eigenvalue weighted by molar-refractivity contribution is 5.46. The van der Waals surface area contributed by atoms with Gasteiger partial charge in [-0.25, -0.2) is 4.39 Å². The highest BCUT2D eigenvalue weighted by atomic mass is 19.1. The van der Waals surface area contributed by atoms with Gasteiger partial charge < -0.3 is 14.2 Å². The molecule has 5 rings (SSSR count). The highest BCUT2D eigenvalue weighted by Crippen LogP contribution is 2.38. The van der Waals surface area contributed by atoms with Gasteiger partial charge in [-0.2, -0.15) is 0 Å². The largest absolute Gasteiger partial charge is 0.493 e. The lowest BCUT2D eigenvalue weighted by atomic mass is 9.80. The summed E-state index contributed by atoms with van der Waals surface area (Å²) in [5.74, 6) is 2.91. The fraction of sp³-hybridized carbons (Fsp3) is 0.538. The van der Waals surface area contributed by atoms with Crippen molar-refractivity contribution in [3.63, 3.8) is 0 Å². The predicted molar refractivity (Wildman–Crippen MR) is 118 cm³/mol. The van der Waals surface area contributed by atoms with Crippen molar-refractivity contribution in [1.29, 1.82) is 0 Å². The molecule has 0 unspecified atom stereocenters. The van der Waals surface area contributed by atoms with E-state index < -0.39 is 0 Å². The number of piperidine rings is 1. The minimum atomic E-state index is -0.173. The number of halogens is 1. The number of hydrogen-bond donors (Lipinski definition) is 0. The van der Waals surface area contributed by atoms with E-state index in [-0.39, 0.29) is 12.6 Å². The van der Waals surface area contributed by atoms with Gasteiger partial charge in [0.15, 0.2) is 11.5 Å². The summed E-state index contributed by atoms with van der Waals surface area (Å²) in [6.45, 7) is 3.07. The lowest BCUT2D eigenvalue weighted by molar-refractivity contribution is 0.0726. The maximum absolute atomic E-state index is 13.5. The van der Waals surface area contributed by atoms with Gasteiger partial charge in [0.2, 0.25) is 6.79 Å². The van der Waals surface area contributed by atoms with Gasteiger partial charge in [-0.15, -0.1) is 0 Å². The number of rotatable bonds is 5. The van der Waals surface area contributed by atoms with Crippen LogP contribution in [0.2, 0.25) is 0 Å². The summed E-state index contributed by atoms with van der Waals surface area (Å²) < 4.78 is 30.7. The van der Waals surface area contributed by atoms with E-state index in [0.29, 0.717) is 24.5 Å². The van der Waals surface area contributed by atoms with Crippen LogP contribution in [0.1, 0.15) is 56.4 Å². The smallest absolute Gasteiger partial charge is 0.231 e. The van der Waals surface area contributed by atoms with Crippen LogP contribution in [0.4, 0.5) is 4.39 Å². The second-order valence-corrected chi connectivity index (χ2v) is 9.17. The maximum Gasteiger partial charge on any atom is 0.231 e. The Morgan fingerprint density at radius 3 is 2.48 bits per heavy atom. The number of ether oxygens (including phenoxy) is 3. The molecular formula is C26H32FNO3. The standard InChI is InChI=1S/C26H32FNO3/c27-21-9-7-19(8-10-21)24-13-14-28(22-5-3-1-2-4-6-22)16-20(24)17-29-23-11-12-25-26(15-23)31-18-30-25/h7-12,15,20,22,24H,1-6,13-14,16-18H2/t20-,24-/m0/s1. The average Bonchev–Trinajstić information content (AvgIpc) is 3.10. The molecule has 5 heteroatoms. The Kier molecular flexibility index (Phi) is 6.30. The normalized spacial score (nSPS) is 24.7. The first kappa shape index (κ1) is 20.6. The molecule has 2 heterocycles. The summed E-state index contributed by atoms with van der Waals surface area (Å²) in [7, 11) is 0. The fourth-order valence-corrected chi connectivity index (χ4v) is 5.50. The number of hydrogen-bond acceptors (Lipinski definition) is 4. The van der Waals surface area contributed by atoms with Crippen LogP contribution >= 0.6 is 0 Å². The van der Waals surface area contributed by atoms with Gasteiger partial charge >= 0.3 is 0 Å². The molecule has 2 aliphatic heterocycles. The minimum Gasteiger partial charge on any atom is -0.493 e. The van der Waals surface area contributed by atoms with Crippen molar-refractivity contribution in [1.82, 2.24) is 4.90 Å². The molecule has 166 valence electrons. The zero-order valence-electron chi connectivity index (χ0n) is 18.1. The molecule has 0 amide bonds. The van der Waals surface area contributed by atoms with Gasteiger partial charge in [0.1, 0.15) is 11.6 Å². The van der Waals surface area contributed by atoms with E-state index in [2.05, 4.69) is 4.90 Å². The molecule has 4 nitrogen and oxygen atoms in total. The monoisotopic (exact) mass is 425 g/mol. The SMILES string of the molecule is Fc1ccc([C@@H]2CCN(C3CCCCCC3)C[C@H]2COc2ccc3c(c2)OCO3)cc1. The second kappa shape index (κ2) is 9.47. The minimum absolute atomic E-state index is 0.173. The molecule has 3 aliphatic rings. The third-order valence-corrected chi connectivity index (χ3v) is 7.21. The molecule has 0 spiro atoms. The Morgan fingerprint density at radius 2 is 1.68 bits per heavy atom. The summed E-state index contributed by atoms with van der Waals surface area (Å²) in [6, 6.07) is 13.6. The van der Waals surface area contributed by atoms with Crippen LogP contribution < -0.4 is 14.2 Å². The summed E-state index contributed by atoms with van der Waals surface area (Å²) in [5.41, 5.74) is 1.22. The van der Waals surface area contributed by atoms with E-state index >= 15 is 0 Å². The molecule has 1 saturated heterocycles. The molecule has 0 radical (unpaired) electrons. The third kappa shape index (κ3) is 4.82. The topological polar surface area (TPSA) is 30.9 Å².